The minimum absolute atomic E-state index is 0.103. The van der Waals surface area contributed by atoms with E-state index in [2.05, 4.69) is 6.92 Å². The molecule has 0 aliphatic carbocycles. The Kier molecular flexibility index (Phi) is 7.60. The summed E-state index contributed by atoms with van der Waals surface area (Å²) in [6.45, 7) is 5.80. The average Bonchev–Trinajstić information content (AvgIpc) is 2.26. The van der Waals surface area contributed by atoms with Crippen LogP contribution in [0.2, 0.25) is 0 Å². The first-order valence-corrected chi connectivity index (χ1v) is 6.06. The van der Waals surface area contributed by atoms with E-state index >= 15 is 0 Å². The molecule has 2 N–H and O–H groups in total. The van der Waals surface area contributed by atoms with Crippen LogP contribution < -0.4 is 5.73 Å². The molecule has 2 unspecified atom stereocenters. The third-order valence-corrected chi connectivity index (χ3v) is 2.68. The molecule has 2 atom stereocenters. The normalized spacial score (nSPS) is 14.2. The van der Waals surface area contributed by atoms with Crippen molar-refractivity contribution in [1.29, 1.82) is 0 Å². The fourth-order valence-electron chi connectivity index (χ4n) is 1.52. The van der Waals surface area contributed by atoms with Gasteiger partial charge in [-0.2, -0.15) is 0 Å². The second kappa shape index (κ2) is 8.13. The molecule has 0 aromatic carbocycles. The predicted octanol–water partition coefficient (Wildman–Crippen LogP) is 2.01. The fourth-order valence-corrected chi connectivity index (χ4v) is 1.52. The molecule has 1 amide bonds. The van der Waals surface area contributed by atoms with Crippen LogP contribution in [0.15, 0.2) is 0 Å². The summed E-state index contributed by atoms with van der Waals surface area (Å²) < 4.78 is 5.10. The standard InChI is InChI=1S/C12H23NO3/c1-4-7-8-9(5-2)12(15)16-10(6-3)11(13)14/h9-10H,4-8H2,1-3H3,(H2,13,14). The van der Waals surface area contributed by atoms with Gasteiger partial charge in [0.25, 0.3) is 5.91 Å². The maximum Gasteiger partial charge on any atom is 0.309 e. The van der Waals surface area contributed by atoms with Crippen molar-refractivity contribution in [2.45, 2.75) is 59.0 Å². The number of esters is 1. The van der Waals surface area contributed by atoms with E-state index in [9.17, 15) is 9.59 Å². The van der Waals surface area contributed by atoms with Crippen molar-refractivity contribution in [3.63, 3.8) is 0 Å². The van der Waals surface area contributed by atoms with Gasteiger partial charge in [-0.1, -0.05) is 33.6 Å². The van der Waals surface area contributed by atoms with Crippen LogP contribution in [0.4, 0.5) is 0 Å². The predicted molar refractivity (Wildman–Crippen MR) is 62.7 cm³/mol. The molecular weight excluding hydrogens is 206 g/mol. The van der Waals surface area contributed by atoms with Crippen LogP contribution in [0, 0.1) is 5.92 Å². The molecule has 0 aliphatic heterocycles. The van der Waals surface area contributed by atoms with Gasteiger partial charge in [-0.25, -0.2) is 0 Å². The number of rotatable bonds is 8. The molecule has 0 spiro atoms. The lowest BCUT2D eigenvalue weighted by atomic mass is 9.99. The molecule has 0 saturated carbocycles. The lowest BCUT2D eigenvalue weighted by molar-refractivity contribution is -0.159. The zero-order valence-corrected chi connectivity index (χ0v) is 10.5. The molecule has 0 bridgehead atoms. The molecule has 94 valence electrons. The number of amides is 1. The highest BCUT2D eigenvalue weighted by atomic mass is 16.5. The van der Waals surface area contributed by atoms with E-state index < -0.39 is 12.0 Å². The summed E-state index contributed by atoms with van der Waals surface area (Å²) in [6.07, 6.45) is 3.28. The summed E-state index contributed by atoms with van der Waals surface area (Å²) >= 11 is 0. The van der Waals surface area contributed by atoms with E-state index in [0.29, 0.717) is 6.42 Å². The topological polar surface area (TPSA) is 69.4 Å². The minimum Gasteiger partial charge on any atom is -0.452 e. The van der Waals surface area contributed by atoms with Crippen LogP contribution >= 0.6 is 0 Å². The summed E-state index contributed by atoms with van der Waals surface area (Å²) in [6, 6.07) is 0. The number of hydrogen-bond donors (Lipinski definition) is 1. The second-order valence-electron chi connectivity index (χ2n) is 3.98. The van der Waals surface area contributed by atoms with Crippen LogP contribution in [0.5, 0.6) is 0 Å². The zero-order chi connectivity index (χ0) is 12.6. The molecular formula is C12H23NO3. The van der Waals surface area contributed by atoms with Gasteiger partial charge in [0.1, 0.15) is 0 Å². The number of carbonyl (C=O) groups is 2. The Hall–Kier alpha value is -1.06. The van der Waals surface area contributed by atoms with E-state index in [4.69, 9.17) is 10.5 Å². The maximum atomic E-state index is 11.7. The lowest BCUT2D eigenvalue weighted by Crippen LogP contribution is -2.34. The molecule has 0 aromatic rings. The van der Waals surface area contributed by atoms with E-state index in [0.717, 1.165) is 25.7 Å². The van der Waals surface area contributed by atoms with Crippen molar-refractivity contribution in [2.75, 3.05) is 0 Å². The number of nitrogens with two attached hydrogens (primary N) is 1. The van der Waals surface area contributed by atoms with Crippen LogP contribution in [-0.4, -0.2) is 18.0 Å². The first kappa shape index (κ1) is 14.9. The molecule has 0 rings (SSSR count). The SMILES string of the molecule is CCCCC(CC)C(=O)OC(CC)C(N)=O. The third kappa shape index (κ3) is 5.14. The Morgan fingerprint density at radius 3 is 2.19 bits per heavy atom. The van der Waals surface area contributed by atoms with Crippen LogP contribution in [0.1, 0.15) is 52.9 Å². The molecule has 0 fully saturated rings. The van der Waals surface area contributed by atoms with E-state index in [1.807, 2.05) is 6.92 Å². The zero-order valence-electron chi connectivity index (χ0n) is 10.5. The van der Waals surface area contributed by atoms with Gasteiger partial charge >= 0.3 is 5.97 Å². The molecule has 4 heteroatoms. The molecule has 0 aromatic heterocycles. The smallest absolute Gasteiger partial charge is 0.309 e. The van der Waals surface area contributed by atoms with Crippen molar-refractivity contribution >= 4 is 11.9 Å². The van der Waals surface area contributed by atoms with Gasteiger partial charge in [0.15, 0.2) is 6.10 Å². The van der Waals surface area contributed by atoms with Gasteiger partial charge in [0.05, 0.1) is 5.92 Å². The van der Waals surface area contributed by atoms with Gasteiger partial charge in [0, 0.05) is 0 Å². The van der Waals surface area contributed by atoms with Crippen molar-refractivity contribution in [1.82, 2.24) is 0 Å². The summed E-state index contributed by atoms with van der Waals surface area (Å²) in [5, 5.41) is 0. The molecule has 4 nitrogen and oxygen atoms in total. The average molecular weight is 229 g/mol. The van der Waals surface area contributed by atoms with Crippen molar-refractivity contribution in [2.24, 2.45) is 11.7 Å². The summed E-state index contributed by atoms with van der Waals surface area (Å²) in [5.41, 5.74) is 5.12. The highest BCUT2D eigenvalue weighted by molar-refractivity contribution is 5.82. The van der Waals surface area contributed by atoms with Crippen molar-refractivity contribution < 1.29 is 14.3 Å². The Labute approximate surface area is 97.5 Å². The Balaban J connectivity index is 4.23. The van der Waals surface area contributed by atoms with E-state index in [1.54, 1.807) is 6.92 Å². The quantitative estimate of drug-likeness (QED) is 0.647. The Morgan fingerprint density at radius 2 is 1.81 bits per heavy atom. The molecule has 0 aliphatic rings. The third-order valence-electron chi connectivity index (χ3n) is 2.68. The largest absolute Gasteiger partial charge is 0.452 e. The number of ether oxygens (including phenoxy) is 1. The van der Waals surface area contributed by atoms with Crippen LogP contribution in [-0.2, 0) is 14.3 Å². The molecule has 16 heavy (non-hydrogen) atoms. The second-order valence-corrected chi connectivity index (χ2v) is 3.98. The summed E-state index contributed by atoms with van der Waals surface area (Å²) in [5.74, 6) is -0.962. The van der Waals surface area contributed by atoms with Crippen molar-refractivity contribution in [3.8, 4) is 0 Å². The summed E-state index contributed by atoms with van der Waals surface area (Å²) in [4.78, 5) is 22.7. The number of primary amides is 1. The summed E-state index contributed by atoms with van der Waals surface area (Å²) in [7, 11) is 0. The van der Waals surface area contributed by atoms with Gasteiger partial charge in [-0.3, -0.25) is 9.59 Å². The van der Waals surface area contributed by atoms with E-state index in [-0.39, 0.29) is 11.9 Å². The first-order chi connectivity index (χ1) is 7.56. The van der Waals surface area contributed by atoms with Gasteiger partial charge < -0.3 is 10.5 Å². The number of hydrogen-bond acceptors (Lipinski definition) is 3. The van der Waals surface area contributed by atoms with Gasteiger partial charge in [-0.15, -0.1) is 0 Å². The maximum absolute atomic E-state index is 11.7. The van der Waals surface area contributed by atoms with Crippen molar-refractivity contribution in [3.05, 3.63) is 0 Å². The Morgan fingerprint density at radius 1 is 1.19 bits per heavy atom. The first-order valence-electron chi connectivity index (χ1n) is 6.06. The fraction of sp³-hybridized carbons (Fsp3) is 0.833. The molecule has 0 heterocycles. The minimum atomic E-state index is -0.775. The molecule has 0 radical (unpaired) electrons. The molecule has 0 saturated heterocycles. The van der Waals surface area contributed by atoms with E-state index in [1.165, 1.54) is 0 Å². The van der Waals surface area contributed by atoms with Gasteiger partial charge in [0.2, 0.25) is 0 Å². The monoisotopic (exact) mass is 229 g/mol. The highest BCUT2D eigenvalue weighted by Gasteiger charge is 2.23. The van der Waals surface area contributed by atoms with Gasteiger partial charge in [-0.05, 0) is 19.3 Å². The van der Waals surface area contributed by atoms with Crippen LogP contribution in [0.25, 0.3) is 0 Å². The van der Waals surface area contributed by atoms with Crippen LogP contribution in [0.3, 0.4) is 0 Å². The highest BCUT2D eigenvalue weighted by Crippen LogP contribution is 2.15. The number of unbranched alkanes of at least 4 members (excludes halogenated alkanes) is 1. The Bertz CT molecular complexity index is 228. The lowest BCUT2D eigenvalue weighted by Gasteiger charge is -2.17. The number of carbonyl (C=O) groups excluding carboxylic acids is 2.